The first kappa shape index (κ1) is 16.2. The molecule has 2 N–H and O–H groups in total. The number of nitrogens with zero attached hydrogens (tertiary/aromatic N) is 3. The lowest BCUT2D eigenvalue weighted by atomic mass is 9.88. The summed E-state index contributed by atoms with van der Waals surface area (Å²) < 4.78 is 1.96. The number of piperidine rings is 1. The molecule has 0 spiro atoms. The topological polar surface area (TPSA) is 64.2 Å². The second-order valence-electron chi connectivity index (χ2n) is 5.50. The van der Waals surface area contributed by atoms with Crippen LogP contribution in [0.15, 0.2) is 28.1 Å². The first-order valence-electron chi connectivity index (χ1n) is 7.45. The number of anilines is 1. The average molecular weight is 355 g/mol. The van der Waals surface area contributed by atoms with E-state index in [0.29, 0.717) is 17.6 Å². The number of halogens is 1. The number of hydrogen-bond donors (Lipinski definition) is 1. The summed E-state index contributed by atoms with van der Waals surface area (Å²) >= 11 is 3.44. The molecule has 0 aromatic carbocycles. The van der Waals surface area contributed by atoms with Crippen LogP contribution < -0.4 is 16.2 Å². The summed E-state index contributed by atoms with van der Waals surface area (Å²) in [5.41, 5.74) is 6.67. The molecule has 1 fully saturated rings. The summed E-state index contributed by atoms with van der Waals surface area (Å²) in [7, 11) is 0. The van der Waals surface area contributed by atoms with Gasteiger partial charge in [-0.05, 0) is 34.7 Å². The molecule has 1 aromatic heterocycles. The smallest absolute Gasteiger partial charge is 0.283 e. The molecule has 1 saturated heterocycles. The Balaban J connectivity index is 2.31. The minimum atomic E-state index is -0.124. The van der Waals surface area contributed by atoms with Gasteiger partial charge in [0.05, 0.1) is 18.4 Å². The van der Waals surface area contributed by atoms with Gasteiger partial charge in [-0.2, -0.15) is 5.10 Å². The fourth-order valence-electron chi connectivity index (χ4n) is 2.95. The molecule has 1 aliphatic rings. The van der Waals surface area contributed by atoms with E-state index in [0.717, 1.165) is 31.0 Å². The highest BCUT2D eigenvalue weighted by Gasteiger charge is 2.29. The summed E-state index contributed by atoms with van der Waals surface area (Å²) in [5, 5.41) is 4.23. The summed E-state index contributed by atoms with van der Waals surface area (Å²) in [6.45, 7) is 7.79. The van der Waals surface area contributed by atoms with Gasteiger partial charge in [-0.1, -0.05) is 19.4 Å². The summed E-state index contributed by atoms with van der Waals surface area (Å²) in [6.07, 6.45) is 6.81. The third-order valence-corrected chi connectivity index (χ3v) is 5.00. The first-order valence-corrected chi connectivity index (χ1v) is 8.24. The van der Waals surface area contributed by atoms with Gasteiger partial charge in [0.1, 0.15) is 4.47 Å². The van der Waals surface area contributed by atoms with E-state index >= 15 is 0 Å². The molecule has 2 atom stereocenters. The Morgan fingerprint density at radius 2 is 2.38 bits per heavy atom. The van der Waals surface area contributed by atoms with Crippen LogP contribution in [0.3, 0.4) is 0 Å². The van der Waals surface area contributed by atoms with Crippen LogP contribution in [0.5, 0.6) is 0 Å². The van der Waals surface area contributed by atoms with Crippen LogP contribution in [-0.2, 0) is 6.54 Å². The fraction of sp³-hybridized carbons (Fsp3) is 0.600. The van der Waals surface area contributed by atoms with Gasteiger partial charge in [0, 0.05) is 19.1 Å². The van der Waals surface area contributed by atoms with Gasteiger partial charge in [0.2, 0.25) is 0 Å². The molecule has 2 heterocycles. The molecule has 0 amide bonds. The van der Waals surface area contributed by atoms with Gasteiger partial charge in [-0.15, -0.1) is 6.58 Å². The molecular formula is C15H23BrN4O. The van der Waals surface area contributed by atoms with Crippen LogP contribution >= 0.6 is 15.9 Å². The Kier molecular flexibility index (Phi) is 5.58. The SMILES string of the molecule is C=CCn1ncc(N2CCC(CC)CC2CN)c(Br)c1=O. The number of allylic oxidation sites excluding steroid dienone is 1. The zero-order chi connectivity index (χ0) is 15.4. The van der Waals surface area contributed by atoms with Gasteiger partial charge in [-0.25, -0.2) is 4.68 Å². The van der Waals surface area contributed by atoms with Crippen LogP contribution in [0, 0.1) is 5.92 Å². The van der Waals surface area contributed by atoms with Crippen molar-refractivity contribution in [3.63, 3.8) is 0 Å². The maximum atomic E-state index is 12.3. The molecule has 0 radical (unpaired) electrons. The van der Waals surface area contributed by atoms with E-state index in [2.05, 4.69) is 39.4 Å². The standard InChI is InChI=1S/C15H23BrN4O/c1-3-6-20-15(21)14(16)13(10-18-20)19-7-5-11(4-2)8-12(19)9-17/h3,10-12H,1,4-9,17H2,2H3. The molecule has 116 valence electrons. The van der Waals surface area contributed by atoms with Crippen LogP contribution in [0.2, 0.25) is 0 Å². The number of nitrogens with two attached hydrogens (primary N) is 1. The first-order chi connectivity index (χ1) is 10.1. The Labute approximate surface area is 133 Å². The van der Waals surface area contributed by atoms with E-state index in [1.54, 1.807) is 12.3 Å². The lowest BCUT2D eigenvalue weighted by Gasteiger charge is -2.40. The van der Waals surface area contributed by atoms with E-state index in [9.17, 15) is 4.79 Å². The predicted molar refractivity (Wildman–Crippen MR) is 89.6 cm³/mol. The quantitative estimate of drug-likeness (QED) is 0.822. The van der Waals surface area contributed by atoms with Gasteiger partial charge < -0.3 is 10.6 Å². The van der Waals surface area contributed by atoms with Crippen molar-refractivity contribution >= 4 is 21.6 Å². The van der Waals surface area contributed by atoms with Crippen molar-refractivity contribution in [1.82, 2.24) is 9.78 Å². The van der Waals surface area contributed by atoms with Crippen molar-refractivity contribution in [2.45, 2.75) is 38.8 Å². The monoisotopic (exact) mass is 354 g/mol. The van der Waals surface area contributed by atoms with Gasteiger partial charge in [0.15, 0.2) is 0 Å². The van der Waals surface area contributed by atoms with Crippen molar-refractivity contribution in [2.24, 2.45) is 11.7 Å². The third kappa shape index (κ3) is 3.37. The Morgan fingerprint density at radius 3 is 3.00 bits per heavy atom. The lowest BCUT2D eigenvalue weighted by molar-refractivity contribution is 0.335. The molecule has 2 unspecified atom stereocenters. The summed E-state index contributed by atoms with van der Waals surface area (Å²) in [6, 6.07) is 0.274. The summed E-state index contributed by atoms with van der Waals surface area (Å²) in [5.74, 6) is 0.725. The highest BCUT2D eigenvalue weighted by molar-refractivity contribution is 9.10. The number of hydrogen-bond acceptors (Lipinski definition) is 4. The Morgan fingerprint density at radius 1 is 1.62 bits per heavy atom. The van der Waals surface area contributed by atoms with E-state index in [1.807, 2.05) is 0 Å². The van der Waals surface area contributed by atoms with Gasteiger partial charge in [0.25, 0.3) is 5.56 Å². The highest BCUT2D eigenvalue weighted by Crippen LogP contribution is 2.31. The molecule has 1 aliphatic heterocycles. The van der Waals surface area contributed by atoms with Crippen molar-refractivity contribution in [2.75, 3.05) is 18.0 Å². The highest BCUT2D eigenvalue weighted by atomic mass is 79.9. The fourth-order valence-corrected chi connectivity index (χ4v) is 3.49. The second kappa shape index (κ2) is 7.22. The molecule has 2 rings (SSSR count). The molecular weight excluding hydrogens is 332 g/mol. The largest absolute Gasteiger partial charge is 0.365 e. The minimum absolute atomic E-state index is 0.124. The van der Waals surface area contributed by atoms with Crippen molar-refractivity contribution in [3.05, 3.63) is 33.7 Å². The van der Waals surface area contributed by atoms with Crippen LogP contribution in [-0.4, -0.2) is 28.9 Å². The maximum Gasteiger partial charge on any atom is 0.283 e. The lowest BCUT2D eigenvalue weighted by Crippen LogP contribution is -2.47. The van der Waals surface area contributed by atoms with Crippen molar-refractivity contribution in [3.8, 4) is 0 Å². The number of rotatable bonds is 5. The zero-order valence-electron chi connectivity index (χ0n) is 12.5. The molecule has 0 saturated carbocycles. The molecule has 6 heteroatoms. The van der Waals surface area contributed by atoms with Crippen molar-refractivity contribution < 1.29 is 0 Å². The van der Waals surface area contributed by atoms with Gasteiger partial charge in [-0.3, -0.25) is 4.79 Å². The molecule has 1 aromatic rings. The van der Waals surface area contributed by atoms with E-state index in [-0.39, 0.29) is 11.6 Å². The van der Waals surface area contributed by atoms with Crippen LogP contribution in [0.1, 0.15) is 26.2 Å². The van der Waals surface area contributed by atoms with Crippen LogP contribution in [0.25, 0.3) is 0 Å². The van der Waals surface area contributed by atoms with E-state index in [1.165, 1.54) is 11.1 Å². The van der Waals surface area contributed by atoms with Crippen molar-refractivity contribution in [1.29, 1.82) is 0 Å². The number of aromatic nitrogens is 2. The molecule has 0 bridgehead atoms. The molecule has 5 nitrogen and oxygen atoms in total. The Bertz CT molecular complexity index is 557. The average Bonchev–Trinajstić information content (AvgIpc) is 2.52. The van der Waals surface area contributed by atoms with E-state index in [4.69, 9.17) is 5.73 Å². The predicted octanol–water partition coefficient (Wildman–Crippen LogP) is 2.15. The third-order valence-electron chi connectivity index (χ3n) is 4.25. The summed E-state index contributed by atoms with van der Waals surface area (Å²) in [4.78, 5) is 14.5. The maximum absolute atomic E-state index is 12.3. The second-order valence-corrected chi connectivity index (χ2v) is 6.29. The Hall–Kier alpha value is -1.14. The van der Waals surface area contributed by atoms with E-state index < -0.39 is 0 Å². The van der Waals surface area contributed by atoms with Gasteiger partial charge >= 0.3 is 0 Å². The normalized spacial score (nSPS) is 22.3. The zero-order valence-corrected chi connectivity index (χ0v) is 14.1. The minimum Gasteiger partial charge on any atom is -0.365 e. The van der Waals surface area contributed by atoms with Crippen LogP contribution in [0.4, 0.5) is 5.69 Å². The molecule has 21 heavy (non-hydrogen) atoms. The molecule has 0 aliphatic carbocycles.